The van der Waals surface area contributed by atoms with E-state index in [0.717, 1.165) is 0 Å². The molecule has 10 heteroatoms. The molecule has 0 heterocycles. The van der Waals surface area contributed by atoms with Crippen LogP contribution in [0.1, 0.15) is 0 Å². The van der Waals surface area contributed by atoms with Gasteiger partial charge < -0.3 is 0 Å². The molecule has 0 unspecified atom stereocenters. The van der Waals surface area contributed by atoms with E-state index >= 15 is 0 Å². The van der Waals surface area contributed by atoms with Crippen molar-refractivity contribution in [2.24, 2.45) is 0 Å². The molecular weight excluding hydrogens is 289 g/mol. The van der Waals surface area contributed by atoms with Crippen molar-refractivity contribution in [3.8, 4) is 0 Å². The van der Waals surface area contributed by atoms with Gasteiger partial charge in [-0.15, -0.1) is 0 Å². The van der Waals surface area contributed by atoms with Gasteiger partial charge in [-0.05, 0) is 0 Å². The molecule has 0 radical (unpaired) electrons. The first kappa shape index (κ1) is 13.3. The fourth-order valence-electron chi connectivity index (χ4n) is 0.102. The maximum absolute atomic E-state index is 9.38. The van der Waals surface area contributed by atoms with Gasteiger partial charge in [0.2, 0.25) is 0 Å². The molecule has 0 atom stereocenters. The fourth-order valence-corrected chi connectivity index (χ4v) is 1.74. The molecule has 0 aromatic heterocycles. The van der Waals surface area contributed by atoms with Crippen molar-refractivity contribution < 1.29 is 53.6 Å². The summed E-state index contributed by atoms with van der Waals surface area (Å²) >= 11 is -12.1. The van der Waals surface area contributed by atoms with E-state index in [2.05, 4.69) is 2.84 Å². The normalized spacial score (nSPS) is 12.2. The van der Waals surface area contributed by atoms with Gasteiger partial charge in [-0.2, -0.15) is 0 Å². The van der Waals surface area contributed by atoms with E-state index in [-0.39, 0.29) is 17.6 Å². The van der Waals surface area contributed by atoms with Crippen LogP contribution in [0, 0.1) is 0 Å². The first-order chi connectivity index (χ1) is 3.71. The van der Waals surface area contributed by atoms with Gasteiger partial charge in [0, 0.05) is 0 Å². The Morgan fingerprint density at radius 2 is 1.10 bits per heavy atom. The zero-order valence-corrected chi connectivity index (χ0v) is 9.90. The summed E-state index contributed by atoms with van der Waals surface area (Å²) in [6.45, 7) is 0. The minimum absolute atomic E-state index is 0. The van der Waals surface area contributed by atoms with Crippen molar-refractivity contribution in [3.63, 3.8) is 0 Å². The summed E-state index contributed by atoms with van der Waals surface area (Å²) in [6, 6.07) is 0. The predicted octanol–water partition coefficient (Wildman–Crippen LogP) is -3.84. The van der Waals surface area contributed by atoms with E-state index in [9.17, 15) is 23.5 Å². The van der Waals surface area contributed by atoms with Crippen molar-refractivity contribution in [1.82, 2.24) is 0 Å². The SMILES string of the molecule is [GeH2+2].[O]=[Cr](=[O])([O-])[O][Cr](=[O])(=[O])[O-]. The molecule has 0 aliphatic rings. The predicted molar refractivity (Wildman–Crippen MR) is 12.4 cm³/mol. The van der Waals surface area contributed by atoms with Crippen LogP contribution in [0.3, 0.4) is 0 Å². The maximum atomic E-state index is 9.38. The van der Waals surface area contributed by atoms with Crippen LogP contribution >= 0.6 is 0 Å². The van der Waals surface area contributed by atoms with Crippen molar-refractivity contribution in [2.75, 3.05) is 0 Å². The first-order valence-electron chi connectivity index (χ1n) is 1.33. The van der Waals surface area contributed by atoms with E-state index in [1.54, 1.807) is 0 Å². The van der Waals surface area contributed by atoms with Crippen LogP contribution in [-0.2, 0) is 45.3 Å². The van der Waals surface area contributed by atoms with Gasteiger partial charge in [-0.3, -0.25) is 0 Å². The van der Waals surface area contributed by atoms with Crippen LogP contribution in [0.4, 0.5) is 0 Å². The van der Waals surface area contributed by atoms with E-state index < -0.39 is 27.2 Å². The molecule has 0 amide bonds. The van der Waals surface area contributed by atoms with Crippen molar-refractivity contribution in [2.45, 2.75) is 0 Å². The molecule has 0 aromatic carbocycles. The number of hydrogen-bond acceptors (Lipinski definition) is 7. The Kier molecular flexibility index (Phi) is 5.19. The number of rotatable bonds is 2. The van der Waals surface area contributed by atoms with E-state index in [1.807, 2.05) is 0 Å². The van der Waals surface area contributed by atoms with Crippen LogP contribution in [0.2, 0.25) is 0 Å². The van der Waals surface area contributed by atoms with E-state index in [1.165, 1.54) is 0 Å². The molecule has 0 saturated heterocycles. The topological polar surface area (TPSA) is 124 Å². The zero-order chi connectivity index (χ0) is 7.71. The molecule has 0 spiro atoms. The van der Waals surface area contributed by atoms with Gasteiger partial charge in [0.1, 0.15) is 0 Å². The molecule has 0 aromatic rings. The summed E-state index contributed by atoms with van der Waals surface area (Å²) in [5.74, 6) is 0. The third-order valence-corrected chi connectivity index (χ3v) is 2.83. The Labute approximate surface area is 71.1 Å². The molecular formula is H2Cr2GeO7. The Morgan fingerprint density at radius 1 is 0.900 bits per heavy atom. The Balaban J connectivity index is 0. The monoisotopic (exact) mass is 292 g/mol. The summed E-state index contributed by atoms with van der Waals surface area (Å²) < 4.78 is 58.9. The molecule has 60 valence electrons. The van der Waals surface area contributed by atoms with Gasteiger partial charge in [-0.25, -0.2) is 0 Å². The molecule has 0 aliphatic carbocycles. The van der Waals surface area contributed by atoms with Gasteiger partial charge in [-0.1, -0.05) is 0 Å². The number of hydrogen-bond donors (Lipinski definition) is 0. The van der Waals surface area contributed by atoms with Crippen molar-refractivity contribution >= 4 is 17.6 Å². The van der Waals surface area contributed by atoms with Crippen LogP contribution in [-0.4, -0.2) is 17.6 Å². The molecule has 0 fully saturated rings. The van der Waals surface area contributed by atoms with E-state index in [4.69, 9.17) is 0 Å². The second-order valence-corrected chi connectivity index (χ2v) is 4.52. The van der Waals surface area contributed by atoms with Crippen molar-refractivity contribution in [1.29, 1.82) is 0 Å². The van der Waals surface area contributed by atoms with Gasteiger partial charge >= 0.3 is 71.2 Å². The van der Waals surface area contributed by atoms with Crippen LogP contribution in [0.5, 0.6) is 0 Å². The third-order valence-electron chi connectivity index (χ3n) is 0.167. The molecule has 0 N–H and O–H groups in total. The van der Waals surface area contributed by atoms with E-state index in [0.29, 0.717) is 0 Å². The zero-order valence-electron chi connectivity index (χ0n) is 4.38. The molecule has 7 nitrogen and oxygen atoms in total. The van der Waals surface area contributed by atoms with Crippen LogP contribution in [0.25, 0.3) is 0 Å². The third kappa shape index (κ3) is 11.5. The average molecular weight is 291 g/mol. The molecule has 0 bridgehead atoms. The minimum atomic E-state index is -6.07. The second-order valence-electron chi connectivity index (χ2n) is 0.885. The molecule has 0 rings (SSSR count). The molecule has 0 aliphatic heterocycles. The van der Waals surface area contributed by atoms with Gasteiger partial charge in [0.25, 0.3) is 0 Å². The standard InChI is InChI=1S/2Cr.GeH2.7O/h;;1H2;;;;;;;/q;;+2;;;;;;2*-1. The van der Waals surface area contributed by atoms with Crippen LogP contribution in [0.15, 0.2) is 0 Å². The Hall–Kier alpha value is 0.688. The van der Waals surface area contributed by atoms with Crippen LogP contribution < -0.4 is 8.32 Å². The summed E-state index contributed by atoms with van der Waals surface area (Å²) in [4.78, 5) is 0. The summed E-state index contributed by atoms with van der Waals surface area (Å²) in [7, 11) is 0. The summed E-state index contributed by atoms with van der Waals surface area (Å²) in [5, 5.41) is 0. The quantitative estimate of drug-likeness (QED) is 0.477. The van der Waals surface area contributed by atoms with Crippen molar-refractivity contribution in [3.05, 3.63) is 0 Å². The van der Waals surface area contributed by atoms with Gasteiger partial charge in [0.15, 0.2) is 0 Å². The van der Waals surface area contributed by atoms with Gasteiger partial charge in [0.05, 0.1) is 0 Å². The summed E-state index contributed by atoms with van der Waals surface area (Å²) in [6.07, 6.45) is 0. The average Bonchev–Trinajstić information content (AvgIpc) is 1.14. The summed E-state index contributed by atoms with van der Waals surface area (Å²) in [5.41, 5.74) is 0. The first-order valence-corrected chi connectivity index (χ1v) is 5.50. The second kappa shape index (κ2) is 3.90. The Bertz CT molecular complexity index is 237. The Morgan fingerprint density at radius 3 is 1.10 bits per heavy atom. The fraction of sp³-hybridized carbons (Fsp3) is 0. The molecule has 0 saturated carbocycles. The molecule has 10 heavy (non-hydrogen) atoms.